The number of nitrogens with zero attached hydrogens (tertiary/aromatic N) is 1. The predicted octanol–water partition coefficient (Wildman–Crippen LogP) is 5.86. The molecule has 0 aliphatic rings. The van der Waals surface area contributed by atoms with Crippen LogP contribution in [0.2, 0.25) is 0 Å². The highest BCUT2D eigenvalue weighted by molar-refractivity contribution is 9.10. The van der Waals surface area contributed by atoms with Gasteiger partial charge in [0.15, 0.2) is 6.61 Å². The number of benzene rings is 3. The Morgan fingerprint density at radius 2 is 1.61 bits per heavy atom. The van der Waals surface area contributed by atoms with Crippen LogP contribution in [-0.2, 0) is 22.6 Å². The van der Waals surface area contributed by atoms with Gasteiger partial charge in [0.2, 0.25) is 5.91 Å². The first-order valence-electron chi connectivity index (χ1n) is 12.3. The Labute approximate surface area is 223 Å². The normalized spacial score (nSPS) is 11.7. The summed E-state index contributed by atoms with van der Waals surface area (Å²) in [5.41, 5.74) is 4.03. The summed E-state index contributed by atoms with van der Waals surface area (Å²) >= 11 is 3.47. The number of aryl methyl sites for hydroxylation is 1. The van der Waals surface area contributed by atoms with Gasteiger partial charge in [0, 0.05) is 24.0 Å². The van der Waals surface area contributed by atoms with Crippen LogP contribution in [0.5, 0.6) is 5.75 Å². The van der Waals surface area contributed by atoms with Crippen LogP contribution < -0.4 is 10.1 Å². The number of hydrogen-bond donors (Lipinski definition) is 1. The number of carbonyl (C=O) groups is 2. The Kier molecular flexibility index (Phi) is 10.1. The summed E-state index contributed by atoms with van der Waals surface area (Å²) in [4.78, 5) is 28.8. The van der Waals surface area contributed by atoms with Gasteiger partial charge in [-0.05, 0) is 60.2 Å². The smallest absolute Gasteiger partial charge is 0.261 e. The lowest BCUT2D eigenvalue weighted by Gasteiger charge is -2.32. The van der Waals surface area contributed by atoms with Gasteiger partial charge in [-0.2, -0.15) is 0 Å². The van der Waals surface area contributed by atoms with Crippen LogP contribution in [0.25, 0.3) is 0 Å². The molecule has 0 aliphatic heterocycles. The van der Waals surface area contributed by atoms with Crippen molar-refractivity contribution in [3.63, 3.8) is 0 Å². The number of hydrogen-bond acceptors (Lipinski definition) is 3. The highest BCUT2D eigenvalue weighted by atomic mass is 79.9. The lowest BCUT2D eigenvalue weighted by Crippen LogP contribution is -2.52. The number of carbonyl (C=O) groups excluding carboxylic acids is 2. The minimum Gasteiger partial charge on any atom is -0.483 e. The topological polar surface area (TPSA) is 58.6 Å². The summed E-state index contributed by atoms with van der Waals surface area (Å²) in [5.74, 6) is 0.578. The van der Waals surface area contributed by atoms with Crippen molar-refractivity contribution in [1.82, 2.24) is 10.2 Å². The molecule has 0 fully saturated rings. The maximum atomic E-state index is 13.7. The van der Waals surface area contributed by atoms with Crippen LogP contribution in [0.1, 0.15) is 36.1 Å². The van der Waals surface area contributed by atoms with Gasteiger partial charge in [-0.1, -0.05) is 84.4 Å². The monoisotopic (exact) mass is 550 g/mol. The van der Waals surface area contributed by atoms with Crippen molar-refractivity contribution in [3.8, 4) is 5.75 Å². The average molecular weight is 552 g/mol. The minimum absolute atomic E-state index is 0.149. The van der Waals surface area contributed by atoms with E-state index in [9.17, 15) is 9.59 Å². The first-order chi connectivity index (χ1) is 17.2. The van der Waals surface area contributed by atoms with E-state index in [1.165, 1.54) is 0 Å². The van der Waals surface area contributed by atoms with Crippen molar-refractivity contribution < 1.29 is 14.3 Å². The van der Waals surface area contributed by atoms with Gasteiger partial charge in [-0.3, -0.25) is 9.59 Å². The van der Waals surface area contributed by atoms with Crippen molar-refractivity contribution >= 4 is 27.7 Å². The largest absolute Gasteiger partial charge is 0.483 e. The second-order valence-corrected chi connectivity index (χ2v) is 10.4. The highest BCUT2D eigenvalue weighted by Crippen LogP contribution is 2.22. The van der Waals surface area contributed by atoms with Crippen molar-refractivity contribution in [2.24, 2.45) is 5.92 Å². The Morgan fingerprint density at radius 1 is 0.917 bits per heavy atom. The number of amides is 2. The molecule has 2 amide bonds. The summed E-state index contributed by atoms with van der Waals surface area (Å²) in [6.45, 7) is 8.79. The molecule has 0 bridgehead atoms. The zero-order valence-electron chi connectivity index (χ0n) is 21.5. The highest BCUT2D eigenvalue weighted by Gasteiger charge is 2.30. The first kappa shape index (κ1) is 27.5. The standard InChI is InChI=1S/C30H35BrN2O3/c1-21(2)18-32-30(35)27(17-24-10-6-5-7-11-24)33(19-25-13-15-26(31)16-14-25)29(34)20-36-28-12-8-9-22(3)23(28)4/h5-16,21,27H,17-20H2,1-4H3,(H,32,35)/t27-/m0/s1. The van der Waals surface area contributed by atoms with Gasteiger partial charge in [0.1, 0.15) is 11.8 Å². The summed E-state index contributed by atoms with van der Waals surface area (Å²) in [6, 6.07) is 22.7. The van der Waals surface area contributed by atoms with Gasteiger partial charge in [0.25, 0.3) is 5.91 Å². The first-order valence-corrected chi connectivity index (χ1v) is 13.1. The Morgan fingerprint density at radius 3 is 2.28 bits per heavy atom. The summed E-state index contributed by atoms with van der Waals surface area (Å²) < 4.78 is 6.92. The Bertz CT molecular complexity index is 1150. The van der Waals surface area contributed by atoms with E-state index >= 15 is 0 Å². The van der Waals surface area contributed by atoms with E-state index in [1.807, 2.05) is 86.6 Å². The van der Waals surface area contributed by atoms with E-state index in [2.05, 4.69) is 35.1 Å². The lowest BCUT2D eigenvalue weighted by atomic mass is 10.0. The molecule has 6 heteroatoms. The fourth-order valence-corrected chi connectivity index (χ4v) is 4.13. The molecule has 0 unspecified atom stereocenters. The van der Waals surface area contributed by atoms with Crippen molar-refractivity contribution in [2.45, 2.75) is 46.7 Å². The van der Waals surface area contributed by atoms with E-state index in [4.69, 9.17) is 4.74 Å². The number of ether oxygens (including phenoxy) is 1. The van der Waals surface area contributed by atoms with Crippen molar-refractivity contribution in [1.29, 1.82) is 0 Å². The second-order valence-electron chi connectivity index (χ2n) is 9.48. The van der Waals surface area contributed by atoms with Crippen molar-refractivity contribution in [2.75, 3.05) is 13.2 Å². The quantitative estimate of drug-likeness (QED) is 0.325. The molecule has 3 rings (SSSR count). The molecule has 1 N–H and O–H groups in total. The molecule has 1 atom stereocenters. The molecule has 0 saturated heterocycles. The van der Waals surface area contributed by atoms with Gasteiger partial charge in [0.05, 0.1) is 0 Å². The molecule has 5 nitrogen and oxygen atoms in total. The molecular formula is C30H35BrN2O3. The van der Waals surface area contributed by atoms with Crippen LogP contribution in [-0.4, -0.2) is 35.9 Å². The number of halogens is 1. The molecule has 0 aliphatic carbocycles. The Balaban J connectivity index is 1.91. The molecule has 0 radical (unpaired) electrons. The molecule has 3 aromatic rings. The average Bonchev–Trinajstić information content (AvgIpc) is 2.87. The van der Waals surface area contributed by atoms with Crippen LogP contribution >= 0.6 is 15.9 Å². The minimum atomic E-state index is -0.676. The predicted molar refractivity (Wildman–Crippen MR) is 148 cm³/mol. The summed E-state index contributed by atoms with van der Waals surface area (Å²) in [6.07, 6.45) is 0.413. The van der Waals surface area contributed by atoms with Gasteiger partial charge >= 0.3 is 0 Å². The number of rotatable bonds is 11. The molecule has 0 saturated carbocycles. The molecule has 36 heavy (non-hydrogen) atoms. The van der Waals surface area contributed by atoms with E-state index < -0.39 is 6.04 Å². The second kappa shape index (κ2) is 13.3. The zero-order valence-corrected chi connectivity index (χ0v) is 23.0. The third-order valence-electron chi connectivity index (χ3n) is 6.13. The fourth-order valence-electron chi connectivity index (χ4n) is 3.87. The van der Waals surface area contributed by atoms with Crippen molar-refractivity contribution in [3.05, 3.63) is 99.5 Å². The van der Waals surface area contributed by atoms with E-state index in [0.717, 1.165) is 26.7 Å². The lowest BCUT2D eigenvalue weighted by molar-refractivity contribution is -0.142. The fraction of sp³-hybridized carbons (Fsp3) is 0.333. The zero-order chi connectivity index (χ0) is 26.1. The third kappa shape index (κ3) is 7.95. The van der Waals surface area contributed by atoms with Gasteiger partial charge < -0.3 is 15.0 Å². The van der Waals surface area contributed by atoms with E-state index in [-0.39, 0.29) is 18.4 Å². The SMILES string of the molecule is Cc1cccc(OCC(=O)N(Cc2ccc(Br)cc2)[C@@H](Cc2ccccc2)C(=O)NCC(C)C)c1C. The summed E-state index contributed by atoms with van der Waals surface area (Å²) in [7, 11) is 0. The van der Waals surface area contributed by atoms with Gasteiger partial charge in [-0.25, -0.2) is 0 Å². The molecule has 0 aromatic heterocycles. The molecule has 3 aromatic carbocycles. The van der Waals surface area contributed by atoms with Crippen LogP contribution in [0.3, 0.4) is 0 Å². The molecular weight excluding hydrogens is 516 g/mol. The Hall–Kier alpha value is -3.12. The molecule has 190 valence electrons. The maximum Gasteiger partial charge on any atom is 0.261 e. The molecule has 0 spiro atoms. The third-order valence-corrected chi connectivity index (χ3v) is 6.66. The van der Waals surface area contributed by atoms with Crippen LogP contribution in [0, 0.1) is 19.8 Å². The van der Waals surface area contributed by atoms with E-state index in [1.54, 1.807) is 4.90 Å². The van der Waals surface area contributed by atoms with Crippen LogP contribution in [0.15, 0.2) is 77.3 Å². The van der Waals surface area contributed by atoms with E-state index in [0.29, 0.717) is 31.2 Å². The van der Waals surface area contributed by atoms with Gasteiger partial charge in [-0.15, -0.1) is 0 Å². The summed E-state index contributed by atoms with van der Waals surface area (Å²) in [5, 5.41) is 3.04. The number of nitrogens with one attached hydrogen (secondary N) is 1. The maximum absolute atomic E-state index is 13.7. The molecule has 0 heterocycles. The van der Waals surface area contributed by atoms with Crippen LogP contribution in [0.4, 0.5) is 0 Å².